The Morgan fingerprint density at radius 3 is 2.86 bits per heavy atom. The first kappa shape index (κ1) is 14.4. The summed E-state index contributed by atoms with van der Waals surface area (Å²) in [5, 5.41) is 3.05. The van der Waals surface area contributed by atoms with Gasteiger partial charge in [-0.3, -0.25) is 4.98 Å². The highest BCUT2D eigenvalue weighted by Crippen LogP contribution is 2.28. The zero-order valence-corrected chi connectivity index (χ0v) is 12.9. The van der Waals surface area contributed by atoms with E-state index in [-0.39, 0.29) is 6.04 Å². The molecular weight excluding hydrogens is 300 g/mol. The zero-order valence-electron chi connectivity index (χ0n) is 11.4. The van der Waals surface area contributed by atoms with Gasteiger partial charge < -0.3 is 5.73 Å². The molecule has 0 saturated heterocycles. The summed E-state index contributed by atoms with van der Waals surface area (Å²) in [5.41, 5.74) is 7.53. The quantitative estimate of drug-likeness (QED) is 0.711. The predicted octanol–water partition coefficient (Wildman–Crippen LogP) is 4.68. The van der Waals surface area contributed by atoms with Gasteiger partial charge in [0.2, 0.25) is 0 Å². The molecule has 1 atom stereocenters. The second-order valence-electron chi connectivity index (χ2n) is 4.82. The van der Waals surface area contributed by atoms with Crippen LogP contribution in [0.1, 0.15) is 11.6 Å². The van der Waals surface area contributed by atoms with Crippen molar-refractivity contribution in [3.05, 3.63) is 71.5 Å². The molecule has 0 radical (unpaired) electrons. The number of aromatic nitrogens is 1. The number of hydrogen-bond donors (Lipinski definition) is 1. The van der Waals surface area contributed by atoms with E-state index in [4.69, 9.17) is 17.3 Å². The van der Waals surface area contributed by atoms with E-state index in [2.05, 4.69) is 23.2 Å². The lowest BCUT2D eigenvalue weighted by Gasteiger charge is -2.14. The van der Waals surface area contributed by atoms with Crippen LogP contribution in [0.4, 0.5) is 0 Å². The number of benzene rings is 2. The summed E-state index contributed by atoms with van der Waals surface area (Å²) in [4.78, 5) is 5.29. The first-order valence-electron chi connectivity index (χ1n) is 6.70. The van der Waals surface area contributed by atoms with Crippen molar-refractivity contribution in [1.82, 2.24) is 4.98 Å². The molecule has 1 unspecified atom stereocenters. The molecule has 0 fully saturated rings. The minimum atomic E-state index is -0.0277. The van der Waals surface area contributed by atoms with Crippen molar-refractivity contribution < 1.29 is 0 Å². The number of halogens is 1. The molecule has 3 aromatic rings. The summed E-state index contributed by atoms with van der Waals surface area (Å²) in [7, 11) is 0. The first-order chi connectivity index (χ1) is 10.2. The Kier molecular flexibility index (Phi) is 4.44. The minimum Gasteiger partial charge on any atom is -0.323 e. The van der Waals surface area contributed by atoms with Gasteiger partial charge in [0.25, 0.3) is 0 Å². The highest BCUT2D eigenvalue weighted by molar-refractivity contribution is 7.99. The Morgan fingerprint density at radius 1 is 1.14 bits per heavy atom. The number of pyridine rings is 1. The van der Waals surface area contributed by atoms with Gasteiger partial charge in [-0.1, -0.05) is 35.9 Å². The monoisotopic (exact) mass is 314 g/mol. The SMILES string of the molecule is NC(CSc1cccc(Cl)c1)c1cccc2cnccc12. The van der Waals surface area contributed by atoms with Crippen LogP contribution in [0, 0.1) is 0 Å². The second-order valence-corrected chi connectivity index (χ2v) is 6.35. The van der Waals surface area contributed by atoms with Gasteiger partial charge in [-0.25, -0.2) is 0 Å². The van der Waals surface area contributed by atoms with Gasteiger partial charge in [0.15, 0.2) is 0 Å². The Bertz CT molecular complexity index is 755. The number of thioether (sulfide) groups is 1. The molecule has 0 amide bonds. The lowest BCUT2D eigenvalue weighted by Crippen LogP contribution is -2.13. The highest BCUT2D eigenvalue weighted by atomic mass is 35.5. The van der Waals surface area contributed by atoms with Crippen LogP contribution in [-0.2, 0) is 0 Å². The van der Waals surface area contributed by atoms with Crippen molar-refractivity contribution in [2.45, 2.75) is 10.9 Å². The number of rotatable bonds is 4. The van der Waals surface area contributed by atoms with Crippen molar-refractivity contribution >= 4 is 34.1 Å². The average Bonchev–Trinajstić information content (AvgIpc) is 2.52. The fraction of sp³-hybridized carbons (Fsp3) is 0.118. The van der Waals surface area contributed by atoms with E-state index in [0.29, 0.717) is 0 Å². The summed E-state index contributed by atoms with van der Waals surface area (Å²) < 4.78 is 0. The number of fused-ring (bicyclic) bond motifs is 1. The average molecular weight is 315 g/mol. The van der Waals surface area contributed by atoms with Crippen molar-refractivity contribution in [3.63, 3.8) is 0 Å². The molecule has 4 heteroatoms. The normalized spacial score (nSPS) is 12.5. The van der Waals surface area contributed by atoms with E-state index in [1.807, 2.05) is 42.7 Å². The van der Waals surface area contributed by atoms with Crippen molar-refractivity contribution in [1.29, 1.82) is 0 Å². The van der Waals surface area contributed by atoms with Crippen LogP contribution in [0.2, 0.25) is 5.02 Å². The zero-order chi connectivity index (χ0) is 14.7. The summed E-state index contributed by atoms with van der Waals surface area (Å²) in [5.74, 6) is 0.807. The fourth-order valence-electron chi connectivity index (χ4n) is 2.30. The molecule has 3 rings (SSSR count). The Hall–Kier alpha value is -1.55. The molecule has 1 aromatic heterocycles. The molecule has 0 bridgehead atoms. The van der Waals surface area contributed by atoms with E-state index < -0.39 is 0 Å². The topological polar surface area (TPSA) is 38.9 Å². The molecule has 1 heterocycles. The van der Waals surface area contributed by atoms with Crippen LogP contribution < -0.4 is 5.73 Å². The van der Waals surface area contributed by atoms with Gasteiger partial charge in [-0.15, -0.1) is 11.8 Å². The van der Waals surface area contributed by atoms with Crippen molar-refractivity contribution in [3.8, 4) is 0 Å². The third-order valence-electron chi connectivity index (χ3n) is 3.34. The van der Waals surface area contributed by atoms with Gasteiger partial charge in [0, 0.05) is 39.5 Å². The van der Waals surface area contributed by atoms with E-state index in [1.54, 1.807) is 11.8 Å². The van der Waals surface area contributed by atoms with Crippen LogP contribution in [0.5, 0.6) is 0 Å². The van der Waals surface area contributed by atoms with Crippen LogP contribution in [0.3, 0.4) is 0 Å². The molecule has 0 aliphatic rings. The maximum atomic E-state index is 6.37. The van der Waals surface area contributed by atoms with Gasteiger partial charge in [-0.2, -0.15) is 0 Å². The molecule has 106 valence electrons. The summed E-state index contributed by atoms with van der Waals surface area (Å²) >= 11 is 7.72. The third kappa shape index (κ3) is 3.38. The van der Waals surface area contributed by atoms with Crippen LogP contribution in [-0.4, -0.2) is 10.7 Å². The smallest absolute Gasteiger partial charge is 0.0417 e. The van der Waals surface area contributed by atoms with E-state index >= 15 is 0 Å². The van der Waals surface area contributed by atoms with Crippen molar-refractivity contribution in [2.24, 2.45) is 5.73 Å². The molecule has 0 saturated carbocycles. The maximum absolute atomic E-state index is 6.37. The molecule has 21 heavy (non-hydrogen) atoms. The number of nitrogens with two attached hydrogens (primary N) is 1. The lowest BCUT2D eigenvalue weighted by atomic mass is 10.0. The largest absolute Gasteiger partial charge is 0.323 e. The molecule has 2 aromatic carbocycles. The summed E-state index contributed by atoms with van der Waals surface area (Å²) in [6.07, 6.45) is 3.68. The number of hydrogen-bond acceptors (Lipinski definition) is 3. The van der Waals surface area contributed by atoms with Crippen LogP contribution in [0.15, 0.2) is 65.8 Å². The maximum Gasteiger partial charge on any atom is 0.0417 e. The van der Waals surface area contributed by atoms with Gasteiger partial charge >= 0.3 is 0 Å². The molecule has 2 N–H and O–H groups in total. The van der Waals surface area contributed by atoms with E-state index in [9.17, 15) is 0 Å². The Labute approximate surface area is 133 Å². The molecule has 2 nitrogen and oxygen atoms in total. The minimum absolute atomic E-state index is 0.0277. The lowest BCUT2D eigenvalue weighted by molar-refractivity contribution is 0.840. The van der Waals surface area contributed by atoms with Crippen LogP contribution in [0.25, 0.3) is 10.8 Å². The van der Waals surface area contributed by atoms with E-state index in [0.717, 1.165) is 26.6 Å². The van der Waals surface area contributed by atoms with Gasteiger partial charge in [-0.05, 0) is 35.2 Å². The highest BCUT2D eigenvalue weighted by Gasteiger charge is 2.10. The molecule has 0 aliphatic carbocycles. The summed E-state index contributed by atoms with van der Waals surface area (Å²) in [6, 6.07) is 16.0. The van der Waals surface area contributed by atoms with Gasteiger partial charge in [0.1, 0.15) is 0 Å². The Balaban J connectivity index is 1.79. The van der Waals surface area contributed by atoms with Crippen molar-refractivity contribution in [2.75, 3.05) is 5.75 Å². The van der Waals surface area contributed by atoms with E-state index in [1.165, 1.54) is 5.39 Å². The van der Waals surface area contributed by atoms with Gasteiger partial charge in [0.05, 0.1) is 0 Å². The second kappa shape index (κ2) is 6.48. The standard InChI is InChI=1S/C17H15ClN2S/c18-13-4-2-5-14(9-13)21-11-17(19)16-6-1-3-12-10-20-8-7-15(12)16/h1-10,17H,11,19H2. The van der Waals surface area contributed by atoms with Crippen LogP contribution >= 0.6 is 23.4 Å². The first-order valence-corrected chi connectivity index (χ1v) is 8.07. The number of nitrogens with zero attached hydrogens (tertiary/aromatic N) is 1. The molecule has 0 aliphatic heterocycles. The third-order valence-corrected chi connectivity index (χ3v) is 4.69. The fourth-order valence-corrected chi connectivity index (χ4v) is 3.50. The molecular formula is C17H15ClN2S. The summed E-state index contributed by atoms with van der Waals surface area (Å²) in [6.45, 7) is 0. The molecule has 0 spiro atoms. The Morgan fingerprint density at radius 2 is 2.00 bits per heavy atom. The predicted molar refractivity (Wildman–Crippen MR) is 90.8 cm³/mol.